The van der Waals surface area contributed by atoms with Gasteiger partial charge in [0.1, 0.15) is 5.76 Å². The molecule has 0 fully saturated rings. The molecular weight excluding hydrogens is 381 g/mol. The van der Waals surface area contributed by atoms with E-state index in [0.29, 0.717) is 11.8 Å². The van der Waals surface area contributed by atoms with Gasteiger partial charge in [0.05, 0.1) is 30.5 Å². The Hall–Kier alpha value is -3.30. The molecule has 0 radical (unpaired) electrons. The highest BCUT2D eigenvalue weighted by molar-refractivity contribution is 5.92. The van der Waals surface area contributed by atoms with E-state index in [1.165, 1.54) is 13.3 Å². The predicted molar refractivity (Wildman–Crippen MR) is 89.9 cm³/mol. The number of hydrogen-bond acceptors (Lipinski definition) is 5. The van der Waals surface area contributed by atoms with Crippen LogP contribution in [0.2, 0.25) is 0 Å². The zero-order chi connectivity index (χ0) is 20.7. The number of rotatable bonds is 7. The smallest absolute Gasteiger partial charge is 0.416 e. The maximum atomic E-state index is 12.7. The van der Waals surface area contributed by atoms with E-state index < -0.39 is 36.1 Å². The van der Waals surface area contributed by atoms with Crippen LogP contribution in [0, 0.1) is 0 Å². The van der Waals surface area contributed by atoms with Gasteiger partial charge in [-0.3, -0.25) is 9.59 Å². The molecule has 0 aliphatic carbocycles. The number of benzene rings is 1. The third-order valence-corrected chi connectivity index (χ3v) is 3.60. The van der Waals surface area contributed by atoms with E-state index in [1.54, 1.807) is 12.1 Å². The monoisotopic (exact) mass is 398 g/mol. The van der Waals surface area contributed by atoms with Gasteiger partial charge in [-0.2, -0.15) is 13.2 Å². The fourth-order valence-corrected chi connectivity index (χ4v) is 2.10. The number of alkyl halides is 3. The summed E-state index contributed by atoms with van der Waals surface area (Å²) < 4.78 is 47.8. The summed E-state index contributed by atoms with van der Waals surface area (Å²) in [5.41, 5.74) is -1.33. The fourth-order valence-electron chi connectivity index (χ4n) is 2.10. The van der Waals surface area contributed by atoms with E-state index in [4.69, 9.17) is 9.15 Å². The summed E-state index contributed by atoms with van der Waals surface area (Å²) in [4.78, 5) is 36.6. The van der Waals surface area contributed by atoms with Crippen molar-refractivity contribution in [3.05, 3.63) is 59.5 Å². The van der Waals surface area contributed by atoms with Crippen molar-refractivity contribution in [2.24, 2.45) is 0 Å². The van der Waals surface area contributed by atoms with Crippen LogP contribution < -0.4 is 5.32 Å². The minimum Gasteiger partial charge on any atom is -0.467 e. The van der Waals surface area contributed by atoms with E-state index in [-0.39, 0.29) is 18.7 Å². The highest BCUT2D eigenvalue weighted by Gasteiger charge is 2.31. The molecule has 7 nitrogen and oxygen atoms in total. The van der Waals surface area contributed by atoms with Crippen molar-refractivity contribution >= 4 is 17.8 Å². The van der Waals surface area contributed by atoms with Crippen LogP contribution in [0.15, 0.2) is 47.1 Å². The lowest BCUT2D eigenvalue weighted by molar-refractivity contribution is -0.138. The van der Waals surface area contributed by atoms with Crippen LogP contribution in [-0.2, 0) is 27.0 Å². The molecule has 1 N–H and O–H groups in total. The largest absolute Gasteiger partial charge is 0.467 e. The molecule has 10 heteroatoms. The van der Waals surface area contributed by atoms with Gasteiger partial charge in [-0.1, -0.05) is 6.07 Å². The number of ether oxygens (including phenoxy) is 1. The lowest BCUT2D eigenvalue weighted by Gasteiger charge is -2.16. The summed E-state index contributed by atoms with van der Waals surface area (Å²) in [6.45, 7) is -0.851. The minimum absolute atomic E-state index is 0.151. The number of furan rings is 1. The van der Waals surface area contributed by atoms with Crippen molar-refractivity contribution in [2.45, 2.75) is 12.7 Å². The van der Waals surface area contributed by atoms with Crippen LogP contribution in [0.1, 0.15) is 21.7 Å². The second-order valence-corrected chi connectivity index (χ2v) is 5.76. The van der Waals surface area contributed by atoms with Crippen LogP contribution in [0.5, 0.6) is 0 Å². The number of hydrogen-bond donors (Lipinski definition) is 1. The molecule has 0 spiro atoms. The number of nitrogens with zero attached hydrogens (tertiary/aromatic N) is 1. The number of esters is 1. The number of carbonyl (C=O) groups is 3. The first-order valence-corrected chi connectivity index (χ1v) is 8.04. The second-order valence-electron chi connectivity index (χ2n) is 5.76. The fraction of sp³-hybridized carbons (Fsp3) is 0.278. The van der Waals surface area contributed by atoms with Crippen LogP contribution in [0.3, 0.4) is 0 Å². The summed E-state index contributed by atoms with van der Waals surface area (Å²) in [5.74, 6) is -1.68. The van der Waals surface area contributed by atoms with Crippen LogP contribution in [0.25, 0.3) is 0 Å². The van der Waals surface area contributed by atoms with Crippen molar-refractivity contribution in [1.82, 2.24) is 10.2 Å². The molecule has 1 aromatic heterocycles. The van der Waals surface area contributed by atoms with Gasteiger partial charge in [-0.25, -0.2) is 4.79 Å². The van der Waals surface area contributed by atoms with Crippen molar-refractivity contribution in [1.29, 1.82) is 0 Å². The van der Waals surface area contributed by atoms with Crippen molar-refractivity contribution in [3.8, 4) is 0 Å². The van der Waals surface area contributed by atoms with Crippen LogP contribution in [-0.4, -0.2) is 42.9 Å². The van der Waals surface area contributed by atoms with Gasteiger partial charge in [0.15, 0.2) is 6.61 Å². The lowest BCUT2D eigenvalue weighted by Crippen LogP contribution is -2.39. The number of halogens is 3. The highest BCUT2D eigenvalue weighted by Crippen LogP contribution is 2.29. The van der Waals surface area contributed by atoms with Crippen LogP contribution in [0.4, 0.5) is 13.2 Å². The summed E-state index contributed by atoms with van der Waals surface area (Å²) in [5, 5.41) is 2.54. The zero-order valence-corrected chi connectivity index (χ0v) is 14.8. The Kier molecular flexibility index (Phi) is 6.80. The SMILES string of the molecule is CN(CC(=O)NCc1ccco1)C(=O)COC(=O)c1cccc(C(F)(F)F)c1. The Morgan fingerprint density at radius 2 is 1.93 bits per heavy atom. The number of carbonyl (C=O) groups excluding carboxylic acids is 3. The third kappa shape index (κ3) is 6.15. The number of likely N-dealkylation sites (N-methyl/N-ethyl adjacent to an activating group) is 1. The van der Waals surface area contributed by atoms with E-state index in [9.17, 15) is 27.6 Å². The maximum absolute atomic E-state index is 12.7. The average molecular weight is 398 g/mol. The first kappa shape index (κ1) is 21.0. The van der Waals surface area contributed by atoms with Crippen molar-refractivity contribution in [3.63, 3.8) is 0 Å². The molecule has 0 atom stereocenters. The first-order valence-electron chi connectivity index (χ1n) is 8.04. The zero-order valence-electron chi connectivity index (χ0n) is 14.8. The van der Waals surface area contributed by atoms with E-state index in [0.717, 1.165) is 23.1 Å². The van der Waals surface area contributed by atoms with Crippen molar-refractivity contribution in [2.75, 3.05) is 20.2 Å². The molecule has 0 unspecified atom stereocenters. The predicted octanol–water partition coefficient (Wildman–Crippen LogP) is 2.23. The van der Waals surface area contributed by atoms with E-state index in [1.807, 2.05) is 0 Å². The molecule has 0 saturated heterocycles. The molecular formula is C18H17F3N2O5. The molecule has 0 aliphatic rings. The van der Waals surface area contributed by atoms with Gasteiger partial charge < -0.3 is 19.4 Å². The summed E-state index contributed by atoms with van der Waals surface area (Å²) in [7, 11) is 1.33. The molecule has 2 aromatic rings. The lowest BCUT2D eigenvalue weighted by atomic mass is 10.1. The molecule has 28 heavy (non-hydrogen) atoms. The van der Waals surface area contributed by atoms with Gasteiger partial charge in [-0.05, 0) is 30.3 Å². The molecule has 150 valence electrons. The molecule has 0 bridgehead atoms. The Morgan fingerprint density at radius 3 is 2.57 bits per heavy atom. The van der Waals surface area contributed by atoms with Crippen LogP contribution >= 0.6 is 0 Å². The first-order chi connectivity index (χ1) is 13.2. The molecule has 1 heterocycles. The van der Waals surface area contributed by atoms with Gasteiger partial charge in [0.25, 0.3) is 5.91 Å². The second kappa shape index (κ2) is 9.07. The standard InChI is InChI=1S/C18H17F3N2O5/c1-23(10-15(24)22-9-14-6-3-7-27-14)16(25)11-28-17(26)12-4-2-5-13(8-12)18(19,20)21/h2-8H,9-11H2,1H3,(H,22,24). The molecule has 2 rings (SSSR count). The van der Waals surface area contributed by atoms with E-state index >= 15 is 0 Å². The van der Waals surface area contributed by atoms with E-state index in [2.05, 4.69) is 5.32 Å². The van der Waals surface area contributed by atoms with Gasteiger partial charge in [0, 0.05) is 7.05 Å². The Morgan fingerprint density at radius 1 is 1.18 bits per heavy atom. The molecule has 2 amide bonds. The number of nitrogens with one attached hydrogen (secondary N) is 1. The maximum Gasteiger partial charge on any atom is 0.416 e. The molecule has 1 aromatic carbocycles. The Balaban J connectivity index is 1.80. The average Bonchev–Trinajstić information content (AvgIpc) is 3.17. The topological polar surface area (TPSA) is 88.8 Å². The van der Waals surface area contributed by atoms with Gasteiger partial charge >= 0.3 is 12.1 Å². The van der Waals surface area contributed by atoms with Gasteiger partial charge in [0.2, 0.25) is 5.91 Å². The Bertz CT molecular complexity index is 834. The highest BCUT2D eigenvalue weighted by atomic mass is 19.4. The quantitative estimate of drug-likeness (QED) is 0.723. The molecule has 0 aliphatic heterocycles. The summed E-state index contributed by atoms with van der Waals surface area (Å²) in [6, 6.07) is 7.00. The normalized spacial score (nSPS) is 11.0. The van der Waals surface area contributed by atoms with Gasteiger partial charge in [-0.15, -0.1) is 0 Å². The molecule has 0 saturated carbocycles. The van der Waals surface area contributed by atoms with Crippen molar-refractivity contribution < 1.29 is 36.7 Å². The minimum atomic E-state index is -4.60. The summed E-state index contributed by atoms with van der Waals surface area (Å²) in [6.07, 6.45) is -3.15. The number of amides is 2. The third-order valence-electron chi connectivity index (χ3n) is 3.60. The summed E-state index contributed by atoms with van der Waals surface area (Å²) >= 11 is 0. The Labute approximate surface area is 158 Å².